The van der Waals surface area contributed by atoms with Gasteiger partial charge in [0.1, 0.15) is 5.82 Å². The largest absolute Gasteiger partial charge is 0.316 e. The lowest BCUT2D eigenvalue weighted by molar-refractivity contribution is 0.550. The van der Waals surface area contributed by atoms with Crippen LogP contribution in [0.25, 0.3) is 4.96 Å². The number of hydrogen-bond acceptors (Lipinski definition) is 3. The molecule has 1 aromatic carbocycles. The number of imidazole rings is 1. The Morgan fingerprint density at radius 2 is 2.10 bits per heavy atom. The maximum Gasteiger partial charge on any atom is 0.193 e. The molecule has 0 radical (unpaired) electrons. The van der Waals surface area contributed by atoms with Gasteiger partial charge >= 0.3 is 0 Å². The highest BCUT2D eigenvalue weighted by molar-refractivity contribution is 7.15. The van der Waals surface area contributed by atoms with Crippen LogP contribution in [0.2, 0.25) is 0 Å². The van der Waals surface area contributed by atoms with Crippen molar-refractivity contribution >= 4 is 16.3 Å². The van der Waals surface area contributed by atoms with Crippen molar-refractivity contribution < 1.29 is 4.39 Å². The number of aromatic nitrogens is 2. The molecule has 2 heterocycles. The van der Waals surface area contributed by atoms with Gasteiger partial charge in [-0.25, -0.2) is 9.37 Å². The van der Waals surface area contributed by atoms with Crippen molar-refractivity contribution in [1.82, 2.24) is 14.7 Å². The lowest BCUT2D eigenvalue weighted by Crippen LogP contribution is -2.30. The molecule has 0 bridgehead atoms. The van der Waals surface area contributed by atoms with Gasteiger partial charge in [0.05, 0.1) is 5.69 Å². The fourth-order valence-electron chi connectivity index (χ4n) is 2.31. The summed E-state index contributed by atoms with van der Waals surface area (Å²) < 4.78 is 15.0. The van der Waals surface area contributed by atoms with E-state index in [9.17, 15) is 4.39 Å². The lowest BCUT2D eigenvalue weighted by atomic mass is 10.0. The number of thiazole rings is 1. The smallest absolute Gasteiger partial charge is 0.193 e. The minimum Gasteiger partial charge on any atom is -0.316 e. The maximum atomic E-state index is 12.9. The van der Waals surface area contributed by atoms with E-state index in [4.69, 9.17) is 0 Å². The third kappa shape index (κ3) is 2.89. The minimum absolute atomic E-state index is 0.191. The van der Waals surface area contributed by atoms with Crippen LogP contribution in [0.1, 0.15) is 11.3 Å². The molecule has 3 aromatic rings. The summed E-state index contributed by atoms with van der Waals surface area (Å²) in [5.74, 6) is -0.191. The summed E-state index contributed by atoms with van der Waals surface area (Å²) in [6.45, 7) is 0. The van der Waals surface area contributed by atoms with Crippen LogP contribution >= 0.6 is 11.3 Å². The number of hydrogen-bond donors (Lipinski definition) is 1. The van der Waals surface area contributed by atoms with Crippen LogP contribution in [0.15, 0.2) is 42.0 Å². The zero-order chi connectivity index (χ0) is 13.9. The first-order chi connectivity index (χ1) is 9.74. The molecule has 0 aliphatic heterocycles. The summed E-state index contributed by atoms with van der Waals surface area (Å²) in [7, 11) is 1.95. The van der Waals surface area contributed by atoms with E-state index in [1.165, 1.54) is 12.1 Å². The lowest BCUT2D eigenvalue weighted by Gasteiger charge is -2.14. The third-order valence-corrected chi connectivity index (χ3v) is 4.17. The standard InChI is InChI=1S/C15H16FN3S/c1-17-13(8-11-2-4-12(16)5-3-11)9-14-10-19-6-7-20-15(19)18-14/h2-7,10,13,17H,8-9H2,1H3. The molecule has 0 aliphatic carbocycles. The van der Waals surface area contributed by atoms with Gasteiger partial charge in [0.15, 0.2) is 4.96 Å². The Labute approximate surface area is 121 Å². The van der Waals surface area contributed by atoms with Crippen molar-refractivity contribution in [3.8, 4) is 0 Å². The molecule has 0 saturated heterocycles. The van der Waals surface area contributed by atoms with Crippen molar-refractivity contribution in [2.45, 2.75) is 18.9 Å². The van der Waals surface area contributed by atoms with Gasteiger partial charge in [-0.15, -0.1) is 11.3 Å². The zero-order valence-corrected chi connectivity index (χ0v) is 12.0. The molecule has 0 spiro atoms. The molecule has 0 aliphatic rings. The highest BCUT2D eigenvalue weighted by Crippen LogP contribution is 2.14. The van der Waals surface area contributed by atoms with Gasteiger partial charge in [-0.3, -0.25) is 4.40 Å². The van der Waals surface area contributed by atoms with E-state index in [1.807, 2.05) is 35.2 Å². The predicted molar refractivity (Wildman–Crippen MR) is 79.7 cm³/mol. The van der Waals surface area contributed by atoms with Gasteiger partial charge in [-0.1, -0.05) is 12.1 Å². The molecule has 1 N–H and O–H groups in total. The number of rotatable bonds is 5. The number of benzene rings is 1. The molecule has 3 rings (SSSR count). The van der Waals surface area contributed by atoms with Crippen LogP contribution in [0.3, 0.4) is 0 Å². The molecule has 0 fully saturated rings. The van der Waals surface area contributed by atoms with Crippen LogP contribution in [0.4, 0.5) is 4.39 Å². The molecule has 2 aromatic heterocycles. The van der Waals surface area contributed by atoms with Crippen LogP contribution in [0, 0.1) is 5.82 Å². The number of likely N-dealkylation sites (N-methyl/N-ethyl adjacent to an activating group) is 1. The Hall–Kier alpha value is -1.72. The second kappa shape index (κ2) is 5.73. The first-order valence-electron chi connectivity index (χ1n) is 6.57. The molecule has 1 unspecified atom stereocenters. The molecule has 0 saturated carbocycles. The Kier molecular flexibility index (Phi) is 3.80. The van der Waals surface area contributed by atoms with Crippen molar-refractivity contribution in [1.29, 1.82) is 0 Å². The first-order valence-corrected chi connectivity index (χ1v) is 7.45. The van der Waals surface area contributed by atoms with E-state index >= 15 is 0 Å². The summed E-state index contributed by atoms with van der Waals surface area (Å²) in [6, 6.07) is 6.99. The molecule has 104 valence electrons. The average Bonchev–Trinajstić information content (AvgIpc) is 3.01. The van der Waals surface area contributed by atoms with E-state index in [0.29, 0.717) is 6.04 Å². The average molecular weight is 289 g/mol. The van der Waals surface area contributed by atoms with Gasteiger partial charge in [0, 0.05) is 30.2 Å². The molecule has 0 amide bonds. The monoisotopic (exact) mass is 289 g/mol. The number of nitrogens with one attached hydrogen (secondary N) is 1. The van der Waals surface area contributed by atoms with Gasteiger partial charge in [-0.2, -0.15) is 0 Å². The summed E-state index contributed by atoms with van der Waals surface area (Å²) >= 11 is 1.64. The van der Waals surface area contributed by atoms with Crippen molar-refractivity contribution in [2.75, 3.05) is 7.05 Å². The zero-order valence-electron chi connectivity index (χ0n) is 11.2. The molecule has 20 heavy (non-hydrogen) atoms. The van der Waals surface area contributed by atoms with Crippen LogP contribution in [-0.4, -0.2) is 22.5 Å². The quantitative estimate of drug-likeness (QED) is 0.782. The van der Waals surface area contributed by atoms with Crippen LogP contribution < -0.4 is 5.32 Å². The second-order valence-corrected chi connectivity index (χ2v) is 5.72. The summed E-state index contributed by atoms with van der Waals surface area (Å²) in [5, 5.41) is 5.34. The maximum absolute atomic E-state index is 12.9. The van der Waals surface area contributed by atoms with Crippen molar-refractivity contribution in [3.63, 3.8) is 0 Å². The highest BCUT2D eigenvalue weighted by atomic mass is 32.1. The molecule has 5 heteroatoms. The molecular weight excluding hydrogens is 273 g/mol. The van der Waals surface area contributed by atoms with Crippen molar-refractivity contribution in [3.05, 3.63) is 59.1 Å². The number of halogens is 1. The molecule has 1 atom stereocenters. The van der Waals surface area contributed by atoms with E-state index in [0.717, 1.165) is 29.1 Å². The Balaban J connectivity index is 1.70. The minimum atomic E-state index is -0.191. The first kappa shape index (κ1) is 13.3. The van der Waals surface area contributed by atoms with Crippen LogP contribution in [-0.2, 0) is 12.8 Å². The highest BCUT2D eigenvalue weighted by Gasteiger charge is 2.11. The van der Waals surface area contributed by atoms with Gasteiger partial charge in [0.2, 0.25) is 0 Å². The molecule has 3 nitrogen and oxygen atoms in total. The Bertz CT molecular complexity index is 658. The van der Waals surface area contributed by atoms with E-state index < -0.39 is 0 Å². The Morgan fingerprint density at radius 1 is 1.30 bits per heavy atom. The van der Waals surface area contributed by atoms with E-state index in [2.05, 4.69) is 16.5 Å². The summed E-state index contributed by atoms with van der Waals surface area (Å²) in [6.07, 6.45) is 5.82. The molecular formula is C15H16FN3S. The summed E-state index contributed by atoms with van der Waals surface area (Å²) in [5.41, 5.74) is 2.21. The van der Waals surface area contributed by atoms with E-state index in [1.54, 1.807) is 11.3 Å². The van der Waals surface area contributed by atoms with Gasteiger partial charge in [-0.05, 0) is 31.2 Å². The van der Waals surface area contributed by atoms with Gasteiger partial charge < -0.3 is 5.32 Å². The summed E-state index contributed by atoms with van der Waals surface area (Å²) in [4.78, 5) is 5.62. The Morgan fingerprint density at radius 3 is 2.80 bits per heavy atom. The number of fused-ring (bicyclic) bond motifs is 1. The van der Waals surface area contributed by atoms with Crippen LogP contribution in [0.5, 0.6) is 0 Å². The topological polar surface area (TPSA) is 29.3 Å². The fourth-order valence-corrected chi connectivity index (χ4v) is 3.03. The second-order valence-electron chi connectivity index (χ2n) is 4.85. The SMILES string of the molecule is CNC(Cc1ccc(F)cc1)Cc1cn2ccsc2n1. The third-order valence-electron chi connectivity index (χ3n) is 3.40. The predicted octanol–water partition coefficient (Wildman–Crippen LogP) is 2.91. The van der Waals surface area contributed by atoms with Crippen molar-refractivity contribution in [2.24, 2.45) is 0 Å². The van der Waals surface area contributed by atoms with E-state index in [-0.39, 0.29) is 5.82 Å². The van der Waals surface area contributed by atoms with Gasteiger partial charge in [0.25, 0.3) is 0 Å². The normalized spacial score (nSPS) is 12.9. The fraction of sp³-hybridized carbons (Fsp3) is 0.267. The number of nitrogens with zero attached hydrogens (tertiary/aromatic N) is 2.